The molecule has 1 aromatic rings. The number of halogens is 1. The normalized spacial score (nSPS) is 20.0. The molecule has 1 aliphatic heterocycles. The van der Waals surface area contributed by atoms with E-state index in [0.29, 0.717) is 32.7 Å². The monoisotopic (exact) mass is 346 g/mol. The Morgan fingerprint density at radius 1 is 1.50 bits per heavy atom. The van der Waals surface area contributed by atoms with Crippen LogP contribution in [-0.2, 0) is 16.0 Å². The van der Waals surface area contributed by atoms with Gasteiger partial charge in [0.05, 0.1) is 16.4 Å². The SMILES string of the molecule is CCCn1ncc(Br)c1C(O)C1(OCC)CCOCC1. The summed E-state index contributed by atoms with van der Waals surface area (Å²) >= 11 is 3.50. The van der Waals surface area contributed by atoms with Crippen molar-refractivity contribution in [1.82, 2.24) is 9.78 Å². The Labute approximate surface area is 128 Å². The first-order chi connectivity index (χ1) is 9.64. The number of hydrogen-bond donors (Lipinski definition) is 1. The summed E-state index contributed by atoms with van der Waals surface area (Å²) in [6.07, 6.45) is 3.42. The Hall–Kier alpha value is -0.430. The van der Waals surface area contributed by atoms with Gasteiger partial charge in [0.1, 0.15) is 11.7 Å². The van der Waals surface area contributed by atoms with Gasteiger partial charge in [-0.25, -0.2) is 0 Å². The fourth-order valence-electron chi connectivity index (χ4n) is 2.78. The van der Waals surface area contributed by atoms with E-state index in [9.17, 15) is 5.11 Å². The number of aliphatic hydroxyl groups is 1. The number of rotatable bonds is 6. The average molecular weight is 347 g/mol. The number of ether oxygens (including phenoxy) is 2. The number of aliphatic hydroxyl groups excluding tert-OH is 1. The van der Waals surface area contributed by atoms with Crippen molar-refractivity contribution in [3.63, 3.8) is 0 Å². The van der Waals surface area contributed by atoms with Crippen LogP contribution in [0, 0.1) is 0 Å². The molecule has 0 bridgehead atoms. The largest absolute Gasteiger partial charge is 0.384 e. The smallest absolute Gasteiger partial charge is 0.126 e. The molecule has 1 fully saturated rings. The standard InChI is InChI=1S/C14H23BrN2O3/c1-3-7-17-12(11(15)10-16-17)13(18)14(20-4-2)5-8-19-9-6-14/h10,13,18H,3-9H2,1-2H3. The van der Waals surface area contributed by atoms with Crippen LogP contribution in [0.1, 0.15) is 44.9 Å². The van der Waals surface area contributed by atoms with Crippen LogP contribution in [-0.4, -0.2) is 40.3 Å². The molecule has 0 aromatic carbocycles. The zero-order valence-corrected chi connectivity index (χ0v) is 13.7. The van der Waals surface area contributed by atoms with Gasteiger partial charge in [-0.05, 0) is 29.3 Å². The number of nitrogens with zero attached hydrogens (tertiary/aromatic N) is 2. The molecule has 1 N–H and O–H groups in total. The van der Waals surface area contributed by atoms with Gasteiger partial charge >= 0.3 is 0 Å². The number of aryl methyl sites for hydroxylation is 1. The highest BCUT2D eigenvalue weighted by Gasteiger charge is 2.43. The zero-order valence-electron chi connectivity index (χ0n) is 12.1. The van der Waals surface area contributed by atoms with Crippen LogP contribution in [0.15, 0.2) is 10.7 Å². The molecule has 0 spiro atoms. The Balaban J connectivity index is 2.31. The van der Waals surface area contributed by atoms with Crippen LogP contribution in [0.25, 0.3) is 0 Å². The van der Waals surface area contributed by atoms with Gasteiger partial charge in [-0.3, -0.25) is 4.68 Å². The minimum atomic E-state index is -0.699. The van der Waals surface area contributed by atoms with Gasteiger partial charge < -0.3 is 14.6 Å². The minimum Gasteiger partial charge on any atom is -0.384 e. The van der Waals surface area contributed by atoms with E-state index in [2.05, 4.69) is 28.0 Å². The maximum atomic E-state index is 10.9. The lowest BCUT2D eigenvalue weighted by Gasteiger charge is -2.40. The molecule has 1 saturated heterocycles. The molecule has 1 aromatic heterocycles. The Bertz CT molecular complexity index is 425. The molecule has 6 heteroatoms. The molecule has 2 heterocycles. The minimum absolute atomic E-state index is 0.568. The molecule has 2 rings (SSSR count). The van der Waals surface area contributed by atoms with Crippen molar-refractivity contribution in [3.8, 4) is 0 Å². The van der Waals surface area contributed by atoms with E-state index in [1.54, 1.807) is 6.20 Å². The highest BCUT2D eigenvalue weighted by molar-refractivity contribution is 9.10. The lowest BCUT2D eigenvalue weighted by atomic mass is 9.86. The molecule has 0 saturated carbocycles. The summed E-state index contributed by atoms with van der Waals surface area (Å²) in [4.78, 5) is 0. The number of hydrogen-bond acceptors (Lipinski definition) is 4. The van der Waals surface area contributed by atoms with Crippen molar-refractivity contribution in [2.24, 2.45) is 0 Å². The van der Waals surface area contributed by atoms with Crippen LogP contribution in [0.5, 0.6) is 0 Å². The topological polar surface area (TPSA) is 56.5 Å². The highest BCUT2D eigenvalue weighted by atomic mass is 79.9. The Morgan fingerprint density at radius 3 is 2.80 bits per heavy atom. The van der Waals surface area contributed by atoms with Gasteiger partial charge in [0.15, 0.2) is 0 Å². The van der Waals surface area contributed by atoms with Crippen molar-refractivity contribution in [1.29, 1.82) is 0 Å². The number of aromatic nitrogens is 2. The fourth-order valence-corrected chi connectivity index (χ4v) is 3.30. The molecule has 1 atom stereocenters. The summed E-state index contributed by atoms with van der Waals surface area (Å²) in [5, 5.41) is 15.3. The highest BCUT2D eigenvalue weighted by Crippen LogP contribution is 2.40. The molecular formula is C14H23BrN2O3. The van der Waals surface area contributed by atoms with E-state index in [1.165, 1.54) is 0 Å². The van der Waals surface area contributed by atoms with Crippen LogP contribution in [0.2, 0.25) is 0 Å². The second-order valence-corrected chi connectivity index (χ2v) is 5.97. The summed E-state index contributed by atoms with van der Waals surface area (Å²) in [7, 11) is 0. The second-order valence-electron chi connectivity index (χ2n) is 5.11. The third-order valence-corrected chi connectivity index (χ3v) is 4.41. The quantitative estimate of drug-likeness (QED) is 0.860. The summed E-state index contributed by atoms with van der Waals surface area (Å²) < 4.78 is 14.1. The third-order valence-electron chi connectivity index (χ3n) is 3.80. The average Bonchev–Trinajstić information content (AvgIpc) is 2.81. The molecule has 114 valence electrons. The van der Waals surface area contributed by atoms with Gasteiger partial charge in [-0.2, -0.15) is 5.10 Å². The molecule has 0 amide bonds. The first-order valence-corrected chi connectivity index (χ1v) is 8.05. The zero-order chi connectivity index (χ0) is 14.6. The van der Waals surface area contributed by atoms with E-state index in [1.807, 2.05) is 11.6 Å². The van der Waals surface area contributed by atoms with Gasteiger partial charge in [-0.15, -0.1) is 0 Å². The van der Waals surface area contributed by atoms with Crippen LogP contribution >= 0.6 is 15.9 Å². The van der Waals surface area contributed by atoms with Crippen molar-refractivity contribution in [2.75, 3.05) is 19.8 Å². The molecule has 1 aliphatic rings. The summed E-state index contributed by atoms with van der Waals surface area (Å²) in [5.74, 6) is 0. The lowest BCUT2D eigenvalue weighted by molar-refractivity contribution is -0.170. The van der Waals surface area contributed by atoms with Gasteiger partial charge in [0.25, 0.3) is 0 Å². The van der Waals surface area contributed by atoms with Crippen molar-refractivity contribution < 1.29 is 14.6 Å². The van der Waals surface area contributed by atoms with Crippen LogP contribution < -0.4 is 0 Å². The van der Waals surface area contributed by atoms with E-state index < -0.39 is 11.7 Å². The fraction of sp³-hybridized carbons (Fsp3) is 0.786. The Morgan fingerprint density at radius 2 is 2.20 bits per heavy atom. The maximum absolute atomic E-state index is 10.9. The predicted molar refractivity (Wildman–Crippen MR) is 79.6 cm³/mol. The third kappa shape index (κ3) is 3.08. The molecule has 0 aliphatic carbocycles. The summed E-state index contributed by atoms with van der Waals surface area (Å²) in [6.45, 7) is 6.67. The molecule has 5 nitrogen and oxygen atoms in total. The summed E-state index contributed by atoms with van der Waals surface area (Å²) in [6, 6.07) is 0. The summed E-state index contributed by atoms with van der Waals surface area (Å²) in [5.41, 5.74) is 0.239. The van der Waals surface area contributed by atoms with E-state index in [0.717, 1.165) is 23.1 Å². The van der Waals surface area contributed by atoms with Crippen molar-refractivity contribution >= 4 is 15.9 Å². The first kappa shape index (κ1) is 15.9. The predicted octanol–water partition coefficient (Wildman–Crippen LogP) is 2.67. The van der Waals surface area contributed by atoms with Gasteiger partial charge in [0, 0.05) is 39.2 Å². The van der Waals surface area contributed by atoms with E-state index in [4.69, 9.17) is 9.47 Å². The van der Waals surface area contributed by atoms with Gasteiger partial charge in [-0.1, -0.05) is 6.92 Å². The van der Waals surface area contributed by atoms with Crippen LogP contribution in [0.4, 0.5) is 0 Å². The van der Waals surface area contributed by atoms with Gasteiger partial charge in [0.2, 0.25) is 0 Å². The second kappa shape index (κ2) is 7.02. The molecular weight excluding hydrogens is 324 g/mol. The molecule has 1 unspecified atom stereocenters. The lowest BCUT2D eigenvalue weighted by Crippen LogP contribution is -2.45. The molecule has 0 radical (unpaired) electrons. The van der Waals surface area contributed by atoms with Crippen LogP contribution in [0.3, 0.4) is 0 Å². The molecule has 20 heavy (non-hydrogen) atoms. The first-order valence-electron chi connectivity index (χ1n) is 7.25. The van der Waals surface area contributed by atoms with E-state index >= 15 is 0 Å². The van der Waals surface area contributed by atoms with Crippen molar-refractivity contribution in [3.05, 3.63) is 16.4 Å². The Kier molecular flexibility index (Phi) is 5.60. The maximum Gasteiger partial charge on any atom is 0.126 e. The van der Waals surface area contributed by atoms with E-state index in [-0.39, 0.29) is 0 Å². The van der Waals surface area contributed by atoms with Crippen molar-refractivity contribution in [2.45, 2.75) is 51.4 Å².